The standard InChI is InChI=1S/C35H41F2N3O3/c1-4-6-15-38-31-21-27(11-10-26(31)12-16-43-3)34(42)40-32(20-25-18-29(36)22-30(37)19-25)33(41)23-39-35(13-14-35)28-9-7-8-24(5-2)17-28/h2,7-11,17-19,21-22,32-33,38-39,41H,4,6,12-16,20,23H2,1,3H3,(H,40,42)/t32-,33+/m0/s1. The molecule has 1 aliphatic rings. The quantitative estimate of drug-likeness (QED) is 0.134. The second-order valence-corrected chi connectivity index (χ2v) is 11.2. The number of halogens is 2. The van der Waals surface area contributed by atoms with E-state index in [2.05, 4.69) is 28.8 Å². The van der Waals surface area contributed by atoms with Gasteiger partial charge in [0.1, 0.15) is 11.6 Å². The summed E-state index contributed by atoms with van der Waals surface area (Å²) < 4.78 is 33.3. The largest absolute Gasteiger partial charge is 0.390 e. The normalized spacial score (nSPS) is 14.9. The van der Waals surface area contributed by atoms with Gasteiger partial charge in [-0.15, -0.1) is 6.42 Å². The molecule has 0 saturated heterocycles. The van der Waals surface area contributed by atoms with E-state index >= 15 is 0 Å². The minimum Gasteiger partial charge on any atom is -0.390 e. The molecular formula is C35H41F2N3O3. The van der Waals surface area contributed by atoms with E-state index in [-0.39, 0.29) is 24.4 Å². The molecule has 3 aromatic rings. The minimum atomic E-state index is -1.05. The maximum Gasteiger partial charge on any atom is 0.251 e. The molecule has 0 aromatic heterocycles. The summed E-state index contributed by atoms with van der Waals surface area (Å²) in [6, 6.07) is 15.6. The van der Waals surface area contributed by atoms with Crippen LogP contribution in [0.1, 0.15) is 65.2 Å². The molecule has 0 spiro atoms. The second-order valence-electron chi connectivity index (χ2n) is 11.2. The van der Waals surface area contributed by atoms with Crippen LogP contribution in [0.4, 0.5) is 14.5 Å². The predicted octanol–water partition coefficient (Wildman–Crippen LogP) is 5.33. The van der Waals surface area contributed by atoms with Crippen molar-refractivity contribution in [2.24, 2.45) is 0 Å². The Morgan fingerprint density at radius 2 is 1.88 bits per heavy atom. The Morgan fingerprint density at radius 3 is 2.56 bits per heavy atom. The zero-order valence-electron chi connectivity index (χ0n) is 24.9. The summed E-state index contributed by atoms with van der Waals surface area (Å²) in [6.45, 7) is 3.59. The van der Waals surface area contributed by atoms with Gasteiger partial charge < -0.3 is 25.8 Å². The molecule has 6 nitrogen and oxygen atoms in total. The van der Waals surface area contributed by atoms with Crippen LogP contribution in [0, 0.1) is 24.0 Å². The van der Waals surface area contributed by atoms with E-state index in [0.29, 0.717) is 24.2 Å². The highest BCUT2D eigenvalue weighted by Crippen LogP contribution is 2.45. The van der Waals surface area contributed by atoms with Crippen LogP contribution in [0.25, 0.3) is 0 Å². The van der Waals surface area contributed by atoms with Crippen LogP contribution in [0.5, 0.6) is 0 Å². The highest BCUT2D eigenvalue weighted by molar-refractivity contribution is 5.95. The van der Waals surface area contributed by atoms with E-state index in [9.17, 15) is 18.7 Å². The molecule has 1 fully saturated rings. The van der Waals surface area contributed by atoms with Crippen LogP contribution in [0.2, 0.25) is 0 Å². The number of rotatable bonds is 16. The van der Waals surface area contributed by atoms with E-state index < -0.39 is 23.8 Å². The number of carbonyl (C=O) groups excluding carboxylic acids is 1. The molecule has 1 saturated carbocycles. The first kappa shape index (κ1) is 32.2. The van der Waals surface area contributed by atoms with E-state index in [0.717, 1.165) is 60.7 Å². The van der Waals surface area contributed by atoms with Crippen LogP contribution in [0.15, 0.2) is 60.7 Å². The molecule has 0 bridgehead atoms. The number of anilines is 1. The Morgan fingerprint density at radius 1 is 1.12 bits per heavy atom. The van der Waals surface area contributed by atoms with Gasteiger partial charge in [0, 0.05) is 48.6 Å². The van der Waals surface area contributed by atoms with Crippen molar-refractivity contribution < 1.29 is 23.4 Å². The lowest BCUT2D eigenvalue weighted by Gasteiger charge is -2.27. The SMILES string of the molecule is C#Cc1cccc(C2(NC[C@@H](O)[C@H](Cc3cc(F)cc(F)c3)NC(=O)c3ccc(CCOC)c(NCCCC)c3)CC2)c1. The fourth-order valence-corrected chi connectivity index (χ4v) is 5.27. The van der Waals surface area contributed by atoms with Crippen molar-refractivity contribution in [3.63, 3.8) is 0 Å². The zero-order valence-corrected chi connectivity index (χ0v) is 24.9. The van der Waals surface area contributed by atoms with Gasteiger partial charge in [-0.2, -0.15) is 0 Å². The van der Waals surface area contributed by atoms with Crippen LogP contribution in [-0.2, 0) is 23.1 Å². The lowest BCUT2D eigenvalue weighted by molar-refractivity contribution is 0.0822. The maximum absolute atomic E-state index is 14.0. The van der Waals surface area contributed by atoms with Crippen molar-refractivity contribution in [3.8, 4) is 12.3 Å². The third-order valence-electron chi connectivity index (χ3n) is 7.93. The predicted molar refractivity (Wildman–Crippen MR) is 166 cm³/mol. The van der Waals surface area contributed by atoms with Crippen LogP contribution >= 0.6 is 0 Å². The molecule has 228 valence electrons. The molecule has 1 aliphatic carbocycles. The van der Waals surface area contributed by atoms with Crippen LogP contribution in [-0.4, -0.2) is 50.0 Å². The number of benzene rings is 3. The number of amides is 1. The molecular weight excluding hydrogens is 548 g/mol. The first-order chi connectivity index (χ1) is 20.8. The fraction of sp³-hybridized carbons (Fsp3) is 0.400. The van der Waals surface area contributed by atoms with Crippen molar-refractivity contribution in [2.75, 3.05) is 32.1 Å². The molecule has 43 heavy (non-hydrogen) atoms. The minimum absolute atomic E-state index is 0.0381. The summed E-state index contributed by atoms with van der Waals surface area (Å²) in [5.41, 5.74) is 4.15. The summed E-state index contributed by atoms with van der Waals surface area (Å²) >= 11 is 0. The second kappa shape index (κ2) is 15.1. The number of hydrogen-bond acceptors (Lipinski definition) is 5. The van der Waals surface area contributed by atoms with Crippen molar-refractivity contribution in [2.45, 2.75) is 63.1 Å². The smallest absolute Gasteiger partial charge is 0.251 e. The molecule has 4 rings (SSSR count). The molecule has 0 heterocycles. The third kappa shape index (κ3) is 8.87. The van der Waals surface area contributed by atoms with E-state index in [1.807, 2.05) is 30.3 Å². The average Bonchev–Trinajstić information content (AvgIpc) is 3.79. The number of unbranched alkanes of at least 4 members (excludes halogenated alkanes) is 1. The van der Waals surface area contributed by atoms with E-state index in [1.165, 1.54) is 12.1 Å². The van der Waals surface area contributed by atoms with E-state index in [4.69, 9.17) is 11.2 Å². The Labute approximate surface area is 253 Å². The fourth-order valence-electron chi connectivity index (χ4n) is 5.27. The first-order valence-corrected chi connectivity index (χ1v) is 14.9. The lowest BCUT2D eigenvalue weighted by atomic mass is 9.98. The zero-order chi connectivity index (χ0) is 30.8. The number of hydrogen-bond donors (Lipinski definition) is 4. The Hall–Kier alpha value is -3.77. The van der Waals surface area contributed by atoms with Gasteiger partial charge in [0.15, 0.2) is 0 Å². The van der Waals surface area contributed by atoms with Gasteiger partial charge in [0.05, 0.1) is 18.8 Å². The van der Waals surface area contributed by atoms with Crippen molar-refractivity contribution in [1.82, 2.24) is 10.6 Å². The molecule has 1 amide bonds. The summed E-state index contributed by atoms with van der Waals surface area (Å²) in [5, 5.41) is 21.2. The highest BCUT2D eigenvalue weighted by atomic mass is 19.1. The van der Waals surface area contributed by atoms with Gasteiger partial charge >= 0.3 is 0 Å². The molecule has 0 unspecified atom stereocenters. The number of terminal acetylenes is 1. The number of aliphatic hydroxyl groups is 1. The summed E-state index contributed by atoms with van der Waals surface area (Å²) in [4.78, 5) is 13.5. The Balaban J connectivity index is 1.53. The van der Waals surface area contributed by atoms with Crippen molar-refractivity contribution >= 4 is 11.6 Å². The van der Waals surface area contributed by atoms with Gasteiger partial charge in [0.2, 0.25) is 0 Å². The summed E-state index contributed by atoms with van der Waals surface area (Å²) in [5.74, 6) is 0.840. The summed E-state index contributed by atoms with van der Waals surface area (Å²) in [7, 11) is 1.65. The lowest BCUT2D eigenvalue weighted by Crippen LogP contribution is -2.50. The third-order valence-corrected chi connectivity index (χ3v) is 7.93. The molecule has 3 aromatic carbocycles. The maximum atomic E-state index is 14.0. The van der Waals surface area contributed by atoms with E-state index in [1.54, 1.807) is 19.2 Å². The Bertz CT molecular complexity index is 1410. The average molecular weight is 590 g/mol. The summed E-state index contributed by atoms with van der Waals surface area (Å²) in [6.07, 6.45) is 9.04. The molecule has 0 aliphatic heterocycles. The van der Waals surface area contributed by atoms with Gasteiger partial charge in [-0.25, -0.2) is 8.78 Å². The molecule has 2 atom stereocenters. The van der Waals surface area contributed by atoms with Crippen molar-refractivity contribution in [3.05, 3.63) is 100 Å². The van der Waals surface area contributed by atoms with Crippen molar-refractivity contribution in [1.29, 1.82) is 0 Å². The molecule has 0 radical (unpaired) electrons. The number of nitrogens with one attached hydrogen (secondary N) is 3. The van der Waals surface area contributed by atoms with Gasteiger partial charge in [0.25, 0.3) is 5.91 Å². The van der Waals surface area contributed by atoms with Crippen LogP contribution < -0.4 is 16.0 Å². The Kier molecular flexibility index (Phi) is 11.3. The van der Waals surface area contributed by atoms with Gasteiger partial charge in [-0.1, -0.05) is 37.5 Å². The highest BCUT2D eigenvalue weighted by Gasteiger charge is 2.44. The van der Waals surface area contributed by atoms with Crippen LogP contribution in [0.3, 0.4) is 0 Å². The number of aliphatic hydroxyl groups excluding tert-OH is 1. The molecule has 4 N–H and O–H groups in total. The monoisotopic (exact) mass is 589 g/mol. The van der Waals surface area contributed by atoms with Gasteiger partial charge in [-0.3, -0.25) is 4.79 Å². The van der Waals surface area contributed by atoms with Gasteiger partial charge in [-0.05, 0) is 85.2 Å². The topological polar surface area (TPSA) is 82.6 Å². The first-order valence-electron chi connectivity index (χ1n) is 14.9. The number of carbonyl (C=O) groups is 1. The number of methoxy groups -OCH3 is 1. The molecule has 8 heteroatoms. The number of ether oxygens (including phenoxy) is 1.